The van der Waals surface area contributed by atoms with Crippen LogP contribution < -0.4 is 21.9 Å². The second-order valence-corrected chi connectivity index (χ2v) is 10.9. The van der Waals surface area contributed by atoms with Crippen molar-refractivity contribution in [2.45, 2.75) is 38.8 Å². The standard InChI is InChI=1S/C32H32F5N5O2/c1-21-29(40-15-13-39(14-16-40)18-22-7-5-10-24(17-22)32(35,36)37)30(43)42(20-28(38)23-8-3-2-4-9-23)31(44)41(21)19-25-26(33)11-6-12-27(25)34/h2-12,17,28H,13-16,18-20,38H2,1H3/t28-/m0/s1. The Labute approximate surface area is 250 Å². The monoisotopic (exact) mass is 613 g/mol. The molecule has 1 aliphatic heterocycles. The zero-order valence-corrected chi connectivity index (χ0v) is 24.0. The molecular formula is C32H32F5N5O2. The van der Waals surface area contributed by atoms with Crippen LogP contribution >= 0.6 is 0 Å². The molecule has 0 saturated carbocycles. The Bertz CT molecular complexity index is 1720. The number of halogens is 5. The van der Waals surface area contributed by atoms with Crippen LogP contribution in [0, 0.1) is 18.6 Å². The number of alkyl halides is 3. The van der Waals surface area contributed by atoms with E-state index in [0.717, 1.165) is 28.8 Å². The third-order valence-electron chi connectivity index (χ3n) is 7.99. The van der Waals surface area contributed by atoms with Crippen molar-refractivity contribution in [3.63, 3.8) is 0 Å². The van der Waals surface area contributed by atoms with Crippen LogP contribution in [0.3, 0.4) is 0 Å². The van der Waals surface area contributed by atoms with Crippen LogP contribution in [-0.4, -0.2) is 40.2 Å². The van der Waals surface area contributed by atoms with Gasteiger partial charge in [-0.05, 0) is 36.2 Å². The molecule has 1 atom stereocenters. The van der Waals surface area contributed by atoms with E-state index in [0.29, 0.717) is 43.9 Å². The molecule has 0 bridgehead atoms. The Morgan fingerprint density at radius 3 is 2.09 bits per heavy atom. The normalized spacial score (nSPS) is 15.0. The molecule has 232 valence electrons. The van der Waals surface area contributed by atoms with Gasteiger partial charge in [0, 0.05) is 50.0 Å². The summed E-state index contributed by atoms with van der Waals surface area (Å²) in [6, 6.07) is 16.8. The number of anilines is 1. The number of nitrogens with two attached hydrogens (primary N) is 1. The Morgan fingerprint density at radius 2 is 1.45 bits per heavy atom. The summed E-state index contributed by atoms with van der Waals surface area (Å²) < 4.78 is 71.1. The summed E-state index contributed by atoms with van der Waals surface area (Å²) in [5, 5.41) is 0. The van der Waals surface area contributed by atoms with E-state index in [4.69, 9.17) is 5.73 Å². The third-order valence-corrected chi connectivity index (χ3v) is 7.99. The van der Waals surface area contributed by atoms with Crippen molar-refractivity contribution in [1.29, 1.82) is 0 Å². The molecule has 2 N–H and O–H groups in total. The Kier molecular flexibility index (Phi) is 9.02. The highest BCUT2D eigenvalue weighted by molar-refractivity contribution is 5.50. The Balaban J connectivity index is 1.46. The summed E-state index contributed by atoms with van der Waals surface area (Å²) in [6.45, 7) is 2.79. The summed E-state index contributed by atoms with van der Waals surface area (Å²) in [6.07, 6.45) is -4.44. The lowest BCUT2D eigenvalue weighted by molar-refractivity contribution is -0.137. The number of benzene rings is 3. The molecule has 0 aliphatic carbocycles. The molecule has 1 aromatic heterocycles. The molecule has 2 heterocycles. The van der Waals surface area contributed by atoms with Gasteiger partial charge in [-0.3, -0.25) is 18.8 Å². The zero-order valence-electron chi connectivity index (χ0n) is 24.0. The smallest absolute Gasteiger partial charge is 0.363 e. The minimum absolute atomic E-state index is 0.162. The predicted molar refractivity (Wildman–Crippen MR) is 157 cm³/mol. The second kappa shape index (κ2) is 12.7. The fraction of sp³-hybridized carbons (Fsp3) is 0.312. The minimum atomic E-state index is -4.44. The number of aromatic nitrogens is 2. The van der Waals surface area contributed by atoms with Crippen LogP contribution in [0.1, 0.15) is 34.0 Å². The predicted octanol–water partition coefficient (Wildman–Crippen LogP) is 4.69. The van der Waals surface area contributed by atoms with Gasteiger partial charge in [-0.2, -0.15) is 13.2 Å². The van der Waals surface area contributed by atoms with Crippen molar-refractivity contribution in [2.24, 2.45) is 5.73 Å². The summed E-state index contributed by atoms with van der Waals surface area (Å²) in [5.41, 5.74) is 5.73. The molecule has 7 nitrogen and oxygen atoms in total. The molecule has 0 amide bonds. The quantitative estimate of drug-likeness (QED) is 0.292. The topological polar surface area (TPSA) is 76.5 Å². The number of piperazine rings is 1. The molecule has 5 rings (SSSR count). The van der Waals surface area contributed by atoms with Crippen LogP contribution in [0.5, 0.6) is 0 Å². The van der Waals surface area contributed by atoms with Gasteiger partial charge >= 0.3 is 11.9 Å². The van der Waals surface area contributed by atoms with E-state index in [2.05, 4.69) is 0 Å². The van der Waals surface area contributed by atoms with Crippen molar-refractivity contribution < 1.29 is 22.0 Å². The van der Waals surface area contributed by atoms with Gasteiger partial charge in [0.25, 0.3) is 5.56 Å². The fourth-order valence-corrected chi connectivity index (χ4v) is 5.58. The average molecular weight is 614 g/mol. The number of hydrogen-bond acceptors (Lipinski definition) is 5. The van der Waals surface area contributed by atoms with Gasteiger partial charge in [-0.25, -0.2) is 13.6 Å². The molecule has 44 heavy (non-hydrogen) atoms. The lowest BCUT2D eigenvalue weighted by Gasteiger charge is -2.37. The van der Waals surface area contributed by atoms with Gasteiger partial charge in [0.2, 0.25) is 0 Å². The maximum absolute atomic E-state index is 14.7. The Morgan fingerprint density at radius 1 is 0.818 bits per heavy atom. The van der Waals surface area contributed by atoms with E-state index in [9.17, 15) is 31.5 Å². The maximum Gasteiger partial charge on any atom is 0.416 e. The summed E-state index contributed by atoms with van der Waals surface area (Å²) in [5.74, 6) is -1.64. The van der Waals surface area contributed by atoms with E-state index in [1.54, 1.807) is 42.2 Å². The van der Waals surface area contributed by atoms with Crippen LogP contribution in [0.2, 0.25) is 0 Å². The van der Waals surface area contributed by atoms with Crippen LogP contribution in [0.15, 0.2) is 82.4 Å². The highest BCUT2D eigenvalue weighted by Gasteiger charge is 2.31. The SMILES string of the molecule is Cc1c(N2CCN(Cc3cccc(C(F)(F)F)c3)CC2)c(=O)n(C[C@H](N)c2ccccc2)c(=O)n1Cc1c(F)cccc1F. The van der Waals surface area contributed by atoms with Crippen LogP contribution in [0.25, 0.3) is 0 Å². The lowest BCUT2D eigenvalue weighted by atomic mass is 10.1. The maximum atomic E-state index is 14.7. The van der Waals surface area contributed by atoms with E-state index in [1.807, 2.05) is 11.0 Å². The molecule has 0 unspecified atom stereocenters. The van der Waals surface area contributed by atoms with Gasteiger partial charge in [0.15, 0.2) is 0 Å². The summed E-state index contributed by atoms with van der Waals surface area (Å²) >= 11 is 0. The second-order valence-electron chi connectivity index (χ2n) is 10.9. The largest absolute Gasteiger partial charge is 0.416 e. The van der Waals surface area contributed by atoms with Crippen LogP contribution in [0.4, 0.5) is 27.6 Å². The van der Waals surface area contributed by atoms with Crippen molar-refractivity contribution in [2.75, 3.05) is 31.1 Å². The summed E-state index contributed by atoms with van der Waals surface area (Å²) in [7, 11) is 0. The molecule has 0 radical (unpaired) electrons. The molecule has 0 spiro atoms. The van der Waals surface area contributed by atoms with E-state index in [1.165, 1.54) is 16.7 Å². The zero-order chi connectivity index (χ0) is 31.6. The minimum Gasteiger partial charge on any atom is -0.363 e. The highest BCUT2D eigenvalue weighted by atomic mass is 19.4. The van der Waals surface area contributed by atoms with Gasteiger partial charge in [-0.15, -0.1) is 0 Å². The average Bonchev–Trinajstić information content (AvgIpc) is 3.00. The van der Waals surface area contributed by atoms with Crippen molar-refractivity contribution >= 4 is 5.69 Å². The van der Waals surface area contributed by atoms with Gasteiger partial charge in [0.05, 0.1) is 18.7 Å². The van der Waals surface area contributed by atoms with E-state index in [-0.39, 0.29) is 23.5 Å². The number of rotatable bonds is 8. The van der Waals surface area contributed by atoms with Crippen molar-refractivity contribution in [3.05, 3.63) is 133 Å². The van der Waals surface area contributed by atoms with Crippen LogP contribution in [-0.2, 0) is 25.8 Å². The summed E-state index contributed by atoms with van der Waals surface area (Å²) in [4.78, 5) is 31.4. The molecule has 1 aliphatic rings. The molecule has 3 aromatic carbocycles. The van der Waals surface area contributed by atoms with E-state index < -0.39 is 47.2 Å². The molecule has 1 saturated heterocycles. The van der Waals surface area contributed by atoms with Gasteiger partial charge < -0.3 is 10.6 Å². The highest BCUT2D eigenvalue weighted by Crippen LogP contribution is 2.30. The first-order valence-electron chi connectivity index (χ1n) is 14.1. The lowest BCUT2D eigenvalue weighted by Crippen LogP contribution is -2.51. The van der Waals surface area contributed by atoms with Gasteiger partial charge in [0.1, 0.15) is 17.3 Å². The Hall–Kier alpha value is -4.29. The van der Waals surface area contributed by atoms with Crippen molar-refractivity contribution in [1.82, 2.24) is 14.0 Å². The van der Waals surface area contributed by atoms with Gasteiger partial charge in [-0.1, -0.05) is 54.6 Å². The van der Waals surface area contributed by atoms with Crippen molar-refractivity contribution in [3.8, 4) is 0 Å². The fourth-order valence-electron chi connectivity index (χ4n) is 5.58. The molecule has 1 fully saturated rings. The molecule has 12 heteroatoms. The first-order valence-corrected chi connectivity index (χ1v) is 14.1. The number of nitrogens with zero attached hydrogens (tertiary/aromatic N) is 4. The molecule has 4 aromatic rings. The first kappa shape index (κ1) is 31.1. The first-order chi connectivity index (χ1) is 20.9. The number of hydrogen-bond donors (Lipinski definition) is 1. The molecular weight excluding hydrogens is 581 g/mol. The third kappa shape index (κ3) is 6.61. The van der Waals surface area contributed by atoms with E-state index >= 15 is 0 Å².